The number of hydrogen-bond donors (Lipinski definition) is 1. The highest BCUT2D eigenvalue weighted by Crippen LogP contribution is 2.37. The third kappa shape index (κ3) is 3.21. The summed E-state index contributed by atoms with van der Waals surface area (Å²) in [5, 5.41) is 2.94. The molecule has 0 aromatic heterocycles. The largest absolute Gasteiger partial charge is 0.325 e. The number of nitrogens with one attached hydrogen (secondary N) is 1. The Bertz CT molecular complexity index is 1290. The molecule has 3 aliphatic rings. The Labute approximate surface area is 198 Å². The van der Waals surface area contributed by atoms with Crippen LogP contribution in [0.3, 0.4) is 0 Å². The van der Waals surface area contributed by atoms with Crippen LogP contribution in [0.1, 0.15) is 28.7 Å². The number of anilines is 2. The number of hydrogen-bond acceptors (Lipinski definition) is 3. The fraction of sp³-hybridized carbons (Fsp3) is 0.250. The summed E-state index contributed by atoms with van der Waals surface area (Å²) in [7, 11) is 0. The third-order valence-corrected chi connectivity index (χ3v) is 7.35. The van der Waals surface area contributed by atoms with Crippen molar-refractivity contribution in [3.05, 3.63) is 95.1 Å². The molecular formula is C28H25N3O3. The molecule has 1 saturated heterocycles. The average Bonchev–Trinajstić information content (AvgIpc) is 2.99. The molecule has 6 heteroatoms. The minimum absolute atomic E-state index is 0.293. The Hall–Kier alpha value is -3.93. The molecule has 0 radical (unpaired) electrons. The van der Waals surface area contributed by atoms with Gasteiger partial charge in [0.05, 0.1) is 11.4 Å². The summed E-state index contributed by atoms with van der Waals surface area (Å²) in [5.74, 6) is -0.602. The third-order valence-electron chi connectivity index (χ3n) is 7.35. The van der Waals surface area contributed by atoms with Crippen molar-refractivity contribution in [2.24, 2.45) is 0 Å². The minimum Gasteiger partial charge on any atom is -0.323 e. The first-order chi connectivity index (χ1) is 16.6. The number of carbonyl (C=O) groups is 3. The van der Waals surface area contributed by atoms with Crippen molar-refractivity contribution in [3.63, 3.8) is 0 Å². The van der Waals surface area contributed by atoms with Crippen LogP contribution in [0, 0.1) is 0 Å². The van der Waals surface area contributed by atoms with Gasteiger partial charge in [0.1, 0.15) is 12.1 Å². The molecule has 1 atom stereocenters. The van der Waals surface area contributed by atoms with Crippen LogP contribution in [0.25, 0.3) is 0 Å². The zero-order valence-corrected chi connectivity index (χ0v) is 18.8. The van der Waals surface area contributed by atoms with Gasteiger partial charge in [-0.15, -0.1) is 0 Å². The van der Waals surface area contributed by atoms with Crippen molar-refractivity contribution in [2.45, 2.75) is 37.6 Å². The fourth-order valence-electron chi connectivity index (χ4n) is 5.60. The molecule has 3 aromatic rings. The predicted molar refractivity (Wildman–Crippen MR) is 129 cm³/mol. The zero-order valence-electron chi connectivity index (χ0n) is 18.8. The number of carbonyl (C=O) groups excluding carboxylic acids is 3. The van der Waals surface area contributed by atoms with E-state index in [9.17, 15) is 14.4 Å². The van der Waals surface area contributed by atoms with E-state index in [0.29, 0.717) is 12.8 Å². The van der Waals surface area contributed by atoms with E-state index in [4.69, 9.17) is 0 Å². The summed E-state index contributed by atoms with van der Waals surface area (Å²) < 4.78 is 0. The molecule has 1 fully saturated rings. The van der Waals surface area contributed by atoms with E-state index in [-0.39, 0.29) is 18.4 Å². The molecule has 6 rings (SSSR count). The van der Waals surface area contributed by atoms with Gasteiger partial charge in [-0.2, -0.15) is 0 Å². The van der Waals surface area contributed by atoms with Gasteiger partial charge in [-0.25, -0.2) is 4.79 Å². The summed E-state index contributed by atoms with van der Waals surface area (Å²) in [6.45, 7) is -0.295. The van der Waals surface area contributed by atoms with Gasteiger partial charge in [0.15, 0.2) is 0 Å². The number of benzene rings is 3. The molecule has 6 nitrogen and oxygen atoms in total. The normalized spacial score (nSPS) is 20.9. The van der Waals surface area contributed by atoms with Gasteiger partial charge in [-0.05, 0) is 60.1 Å². The Kier molecular flexibility index (Phi) is 4.76. The summed E-state index contributed by atoms with van der Waals surface area (Å²) in [4.78, 5) is 43.1. The van der Waals surface area contributed by atoms with Crippen LogP contribution in [0.15, 0.2) is 72.8 Å². The number of imide groups is 1. The summed E-state index contributed by atoms with van der Waals surface area (Å²) in [6.07, 6.45) is 3.35. The summed E-state index contributed by atoms with van der Waals surface area (Å²) in [6, 6.07) is 23.2. The number of aryl methyl sites for hydroxylation is 3. The molecule has 0 saturated carbocycles. The van der Waals surface area contributed by atoms with E-state index in [0.717, 1.165) is 52.2 Å². The molecule has 1 aliphatic carbocycles. The summed E-state index contributed by atoms with van der Waals surface area (Å²) >= 11 is 0. The Morgan fingerprint density at radius 2 is 1.32 bits per heavy atom. The highest BCUT2D eigenvalue weighted by molar-refractivity contribution is 6.12. The van der Waals surface area contributed by atoms with E-state index >= 15 is 0 Å². The summed E-state index contributed by atoms with van der Waals surface area (Å²) in [5.41, 5.74) is 5.08. The molecule has 170 valence electrons. The minimum atomic E-state index is -0.972. The molecule has 1 spiro atoms. The van der Waals surface area contributed by atoms with Gasteiger partial charge in [-0.3, -0.25) is 19.4 Å². The van der Waals surface area contributed by atoms with Crippen molar-refractivity contribution < 1.29 is 14.4 Å². The van der Waals surface area contributed by atoms with E-state index in [1.165, 1.54) is 5.56 Å². The number of amides is 4. The van der Waals surface area contributed by atoms with Crippen molar-refractivity contribution in [1.82, 2.24) is 10.2 Å². The monoisotopic (exact) mass is 451 g/mol. The lowest BCUT2D eigenvalue weighted by Gasteiger charge is -2.32. The van der Waals surface area contributed by atoms with Crippen LogP contribution < -0.4 is 10.2 Å². The topological polar surface area (TPSA) is 69.7 Å². The second-order valence-corrected chi connectivity index (χ2v) is 9.34. The molecule has 4 amide bonds. The molecule has 1 unspecified atom stereocenters. The van der Waals surface area contributed by atoms with Crippen LogP contribution in [0.4, 0.5) is 16.2 Å². The first kappa shape index (κ1) is 20.7. The van der Waals surface area contributed by atoms with Gasteiger partial charge >= 0.3 is 6.03 Å². The lowest BCUT2D eigenvalue weighted by molar-refractivity contribution is -0.134. The van der Waals surface area contributed by atoms with Crippen LogP contribution in [-0.4, -0.2) is 34.8 Å². The average molecular weight is 452 g/mol. The quantitative estimate of drug-likeness (QED) is 0.601. The number of fused-ring (bicyclic) bond motifs is 3. The van der Waals surface area contributed by atoms with Crippen molar-refractivity contribution in [2.75, 3.05) is 11.4 Å². The molecule has 34 heavy (non-hydrogen) atoms. The van der Waals surface area contributed by atoms with Gasteiger partial charge in [0, 0.05) is 6.42 Å². The number of urea groups is 1. The van der Waals surface area contributed by atoms with Crippen LogP contribution >= 0.6 is 0 Å². The Morgan fingerprint density at radius 1 is 0.765 bits per heavy atom. The number of para-hydroxylation sites is 2. The highest BCUT2D eigenvalue weighted by atomic mass is 16.2. The standard InChI is InChI=1S/C28H25N3O3/c32-25(31-23-11-5-3-8-20(23)13-14-21-9-4-6-12-24(21)31)18-30-26(33)28(29-27(30)34)16-15-19-7-1-2-10-22(19)17-28/h1-12H,13-18H2,(H,29,34). The van der Waals surface area contributed by atoms with E-state index in [1.54, 1.807) is 4.90 Å². The van der Waals surface area contributed by atoms with E-state index in [2.05, 4.69) is 11.4 Å². The number of nitrogens with zero attached hydrogens (tertiary/aromatic N) is 2. The van der Waals surface area contributed by atoms with Gasteiger partial charge in [0.25, 0.3) is 11.8 Å². The molecule has 0 bridgehead atoms. The highest BCUT2D eigenvalue weighted by Gasteiger charge is 2.53. The second kappa shape index (κ2) is 7.83. The van der Waals surface area contributed by atoms with Crippen LogP contribution in [0.5, 0.6) is 0 Å². The Balaban J connectivity index is 1.32. The Morgan fingerprint density at radius 3 is 1.97 bits per heavy atom. The maximum absolute atomic E-state index is 13.7. The first-order valence-electron chi connectivity index (χ1n) is 11.8. The van der Waals surface area contributed by atoms with Gasteiger partial charge < -0.3 is 5.32 Å². The van der Waals surface area contributed by atoms with E-state index in [1.807, 2.05) is 66.7 Å². The lowest BCUT2D eigenvalue weighted by Crippen LogP contribution is -2.51. The van der Waals surface area contributed by atoms with Crippen molar-refractivity contribution in [3.8, 4) is 0 Å². The van der Waals surface area contributed by atoms with E-state index < -0.39 is 11.6 Å². The zero-order chi connectivity index (χ0) is 23.3. The molecule has 3 aromatic carbocycles. The van der Waals surface area contributed by atoms with Crippen LogP contribution in [-0.2, 0) is 35.3 Å². The van der Waals surface area contributed by atoms with Crippen LogP contribution in [0.2, 0.25) is 0 Å². The van der Waals surface area contributed by atoms with Gasteiger partial charge in [-0.1, -0.05) is 60.7 Å². The molecule has 1 N–H and O–H groups in total. The molecule has 2 aliphatic heterocycles. The van der Waals surface area contributed by atoms with Gasteiger partial charge in [0.2, 0.25) is 0 Å². The van der Waals surface area contributed by atoms with Crippen molar-refractivity contribution >= 4 is 29.2 Å². The first-order valence-corrected chi connectivity index (χ1v) is 11.8. The molecular weight excluding hydrogens is 426 g/mol. The number of rotatable bonds is 2. The fourth-order valence-corrected chi connectivity index (χ4v) is 5.60. The maximum atomic E-state index is 13.7. The molecule has 2 heterocycles. The smallest absolute Gasteiger partial charge is 0.323 e. The predicted octanol–water partition coefficient (Wildman–Crippen LogP) is 3.93. The SMILES string of the molecule is O=C1NC2(CCc3ccccc3C2)C(=O)N1CC(=O)N1c2ccccc2CCc2ccccc21. The maximum Gasteiger partial charge on any atom is 0.325 e. The van der Waals surface area contributed by atoms with Crippen molar-refractivity contribution in [1.29, 1.82) is 0 Å². The lowest BCUT2D eigenvalue weighted by atomic mass is 9.78. The second-order valence-electron chi connectivity index (χ2n) is 9.34.